The summed E-state index contributed by atoms with van der Waals surface area (Å²) in [7, 11) is 0. The van der Waals surface area contributed by atoms with E-state index < -0.39 is 11.1 Å². The van der Waals surface area contributed by atoms with Gasteiger partial charge in [0.2, 0.25) is 5.91 Å². The standard InChI is InChI=1S/C33H28IN3O4S/c34-28-19-23(11-13-29(28)41-22-24-10-12-25-6-4-5-7-26(25)18-24)20-30-32(39)37(33(40)42-30)21-31(38)36-16-14-35(15-17-36)27-8-2-1-3-9-27/h1-13,18-20H,14-17,21-22H2/b30-20+. The third-order valence-electron chi connectivity index (χ3n) is 7.38. The Morgan fingerprint density at radius 2 is 1.60 bits per heavy atom. The normalized spacial score (nSPS) is 16.5. The Hall–Kier alpha value is -3.83. The van der Waals surface area contributed by atoms with E-state index in [1.165, 1.54) is 10.8 Å². The molecule has 4 aromatic carbocycles. The number of ether oxygens (including phenoxy) is 1. The Labute approximate surface area is 262 Å². The van der Waals surface area contributed by atoms with Gasteiger partial charge in [0.1, 0.15) is 18.9 Å². The molecule has 2 aliphatic rings. The minimum atomic E-state index is -0.437. The van der Waals surface area contributed by atoms with Gasteiger partial charge in [-0.25, -0.2) is 0 Å². The number of para-hydroxylation sites is 1. The highest BCUT2D eigenvalue weighted by atomic mass is 127. The van der Waals surface area contributed by atoms with E-state index in [1.54, 1.807) is 11.0 Å². The number of halogens is 1. The highest BCUT2D eigenvalue weighted by Gasteiger charge is 2.37. The number of amides is 3. The lowest BCUT2D eigenvalue weighted by molar-refractivity contribution is -0.136. The molecule has 2 aliphatic heterocycles. The highest BCUT2D eigenvalue weighted by Crippen LogP contribution is 2.33. The predicted octanol–water partition coefficient (Wildman–Crippen LogP) is 6.41. The summed E-state index contributed by atoms with van der Waals surface area (Å²) in [4.78, 5) is 44.1. The van der Waals surface area contributed by atoms with Crippen molar-refractivity contribution < 1.29 is 19.1 Å². The predicted molar refractivity (Wildman–Crippen MR) is 175 cm³/mol. The molecule has 7 nitrogen and oxygen atoms in total. The van der Waals surface area contributed by atoms with Gasteiger partial charge in [-0.2, -0.15) is 0 Å². The Bertz CT molecular complexity index is 1690. The number of imide groups is 1. The monoisotopic (exact) mass is 689 g/mol. The second kappa shape index (κ2) is 12.6. The molecule has 6 rings (SSSR count). The lowest BCUT2D eigenvalue weighted by Crippen LogP contribution is -2.51. The third-order valence-corrected chi connectivity index (χ3v) is 9.13. The van der Waals surface area contributed by atoms with Gasteiger partial charge in [0.25, 0.3) is 11.1 Å². The number of benzene rings is 4. The van der Waals surface area contributed by atoms with Crippen LogP contribution in [0.25, 0.3) is 16.8 Å². The maximum atomic E-state index is 13.1. The number of rotatable bonds is 7. The van der Waals surface area contributed by atoms with Crippen LogP contribution in [0.5, 0.6) is 5.75 Å². The Kier molecular flexibility index (Phi) is 8.48. The largest absolute Gasteiger partial charge is 0.488 e. The van der Waals surface area contributed by atoms with Gasteiger partial charge in [-0.3, -0.25) is 19.3 Å². The van der Waals surface area contributed by atoms with E-state index in [4.69, 9.17) is 4.74 Å². The van der Waals surface area contributed by atoms with E-state index in [1.807, 2.05) is 48.5 Å². The summed E-state index contributed by atoms with van der Waals surface area (Å²) in [5, 5.41) is 1.94. The van der Waals surface area contributed by atoms with Gasteiger partial charge in [0.05, 0.1) is 8.48 Å². The number of anilines is 1. The highest BCUT2D eigenvalue weighted by molar-refractivity contribution is 14.1. The molecule has 212 valence electrons. The van der Waals surface area contributed by atoms with Crippen LogP contribution < -0.4 is 9.64 Å². The summed E-state index contributed by atoms with van der Waals surface area (Å²) < 4.78 is 6.97. The SMILES string of the molecule is O=C(CN1C(=O)S/C(=C/c2ccc(OCc3ccc4ccccc4c3)c(I)c2)C1=O)N1CCN(c2ccccc2)CC1. The molecule has 2 heterocycles. The molecule has 42 heavy (non-hydrogen) atoms. The lowest BCUT2D eigenvalue weighted by Gasteiger charge is -2.36. The average Bonchev–Trinajstić information content (AvgIpc) is 3.28. The van der Waals surface area contributed by atoms with Crippen LogP contribution in [-0.2, 0) is 16.2 Å². The van der Waals surface area contributed by atoms with Crippen LogP contribution in [-0.4, -0.2) is 59.6 Å². The Balaban J connectivity index is 1.05. The van der Waals surface area contributed by atoms with Crippen molar-refractivity contribution in [3.8, 4) is 5.75 Å². The van der Waals surface area contributed by atoms with Crippen molar-refractivity contribution in [2.45, 2.75) is 6.61 Å². The molecular formula is C33H28IN3O4S. The van der Waals surface area contributed by atoms with Crippen molar-refractivity contribution in [1.29, 1.82) is 0 Å². The zero-order valence-electron chi connectivity index (χ0n) is 22.7. The number of hydrogen-bond acceptors (Lipinski definition) is 6. The molecule has 4 aromatic rings. The van der Waals surface area contributed by atoms with Crippen LogP contribution >= 0.6 is 34.4 Å². The van der Waals surface area contributed by atoms with Crippen molar-refractivity contribution in [1.82, 2.24) is 9.80 Å². The van der Waals surface area contributed by atoms with Crippen molar-refractivity contribution in [2.24, 2.45) is 0 Å². The molecule has 3 amide bonds. The van der Waals surface area contributed by atoms with Crippen LogP contribution in [0.4, 0.5) is 10.5 Å². The van der Waals surface area contributed by atoms with Crippen molar-refractivity contribution in [3.05, 3.63) is 111 Å². The minimum Gasteiger partial charge on any atom is -0.488 e. The van der Waals surface area contributed by atoms with E-state index in [2.05, 4.69) is 70.0 Å². The molecule has 0 aliphatic carbocycles. The summed E-state index contributed by atoms with van der Waals surface area (Å²) in [6.07, 6.45) is 1.70. The lowest BCUT2D eigenvalue weighted by atomic mass is 10.1. The number of hydrogen-bond donors (Lipinski definition) is 0. The zero-order chi connectivity index (χ0) is 29.1. The fourth-order valence-electron chi connectivity index (χ4n) is 5.09. The minimum absolute atomic E-state index is 0.214. The summed E-state index contributed by atoms with van der Waals surface area (Å²) in [5.74, 6) is 0.0913. The Morgan fingerprint density at radius 3 is 2.36 bits per heavy atom. The van der Waals surface area contributed by atoms with Crippen LogP contribution in [0, 0.1) is 3.57 Å². The molecule has 2 saturated heterocycles. The van der Waals surface area contributed by atoms with E-state index in [-0.39, 0.29) is 12.5 Å². The molecule has 0 spiro atoms. The smallest absolute Gasteiger partial charge is 0.294 e. The van der Waals surface area contributed by atoms with Crippen LogP contribution in [0.2, 0.25) is 0 Å². The van der Waals surface area contributed by atoms with Crippen molar-refractivity contribution in [3.63, 3.8) is 0 Å². The maximum absolute atomic E-state index is 13.1. The maximum Gasteiger partial charge on any atom is 0.294 e. The third kappa shape index (κ3) is 6.32. The molecule has 9 heteroatoms. The Morgan fingerprint density at radius 1 is 0.857 bits per heavy atom. The first-order valence-corrected chi connectivity index (χ1v) is 15.6. The summed E-state index contributed by atoms with van der Waals surface area (Å²) in [6, 6.07) is 30.2. The van der Waals surface area contributed by atoms with Crippen LogP contribution in [0.15, 0.2) is 95.9 Å². The van der Waals surface area contributed by atoms with Gasteiger partial charge in [0.15, 0.2) is 0 Å². The number of carbonyl (C=O) groups is 3. The number of thioether (sulfide) groups is 1. The zero-order valence-corrected chi connectivity index (χ0v) is 25.7. The number of piperazine rings is 1. The molecule has 0 aromatic heterocycles. The van der Waals surface area contributed by atoms with E-state index in [0.717, 1.165) is 42.8 Å². The molecule has 0 N–H and O–H groups in total. The molecule has 0 unspecified atom stereocenters. The quantitative estimate of drug-likeness (QED) is 0.165. The average molecular weight is 690 g/mol. The fourth-order valence-corrected chi connectivity index (χ4v) is 6.62. The molecule has 0 saturated carbocycles. The first-order valence-electron chi connectivity index (χ1n) is 13.7. The number of nitrogens with zero attached hydrogens (tertiary/aromatic N) is 3. The topological polar surface area (TPSA) is 70.2 Å². The molecule has 0 radical (unpaired) electrons. The molecular weight excluding hydrogens is 661 g/mol. The van der Waals surface area contributed by atoms with Crippen LogP contribution in [0.3, 0.4) is 0 Å². The first kappa shape index (κ1) is 28.3. The summed E-state index contributed by atoms with van der Waals surface area (Å²) in [5.41, 5.74) is 2.99. The first-order chi connectivity index (χ1) is 20.4. The van der Waals surface area contributed by atoms with Crippen molar-refractivity contribution >= 4 is 73.9 Å². The van der Waals surface area contributed by atoms with Gasteiger partial charge in [-0.05, 0) is 92.7 Å². The fraction of sp³-hybridized carbons (Fsp3) is 0.182. The van der Waals surface area contributed by atoms with E-state index >= 15 is 0 Å². The van der Waals surface area contributed by atoms with Crippen molar-refractivity contribution in [2.75, 3.05) is 37.6 Å². The van der Waals surface area contributed by atoms with Gasteiger partial charge in [-0.1, -0.05) is 60.7 Å². The summed E-state index contributed by atoms with van der Waals surface area (Å²) >= 11 is 3.08. The van der Waals surface area contributed by atoms with E-state index in [0.29, 0.717) is 37.7 Å². The second-order valence-electron chi connectivity index (χ2n) is 10.1. The van der Waals surface area contributed by atoms with Gasteiger partial charge >= 0.3 is 0 Å². The van der Waals surface area contributed by atoms with E-state index in [9.17, 15) is 14.4 Å². The number of carbonyl (C=O) groups excluding carboxylic acids is 3. The molecule has 0 bridgehead atoms. The molecule has 0 atom stereocenters. The van der Waals surface area contributed by atoms with Gasteiger partial charge in [-0.15, -0.1) is 0 Å². The number of fused-ring (bicyclic) bond motifs is 1. The summed E-state index contributed by atoms with van der Waals surface area (Å²) in [6.45, 7) is 2.71. The second-order valence-corrected chi connectivity index (χ2v) is 12.3. The van der Waals surface area contributed by atoms with Gasteiger partial charge < -0.3 is 14.5 Å². The van der Waals surface area contributed by atoms with Gasteiger partial charge in [0, 0.05) is 31.9 Å². The molecule has 2 fully saturated rings. The van der Waals surface area contributed by atoms with Crippen LogP contribution in [0.1, 0.15) is 11.1 Å².